The van der Waals surface area contributed by atoms with Crippen molar-refractivity contribution in [2.24, 2.45) is 5.73 Å². The molecule has 2 amide bonds. The Kier molecular flexibility index (Phi) is 4.72. The average Bonchev–Trinajstić information content (AvgIpc) is 2.94. The molecule has 0 bridgehead atoms. The van der Waals surface area contributed by atoms with Crippen molar-refractivity contribution in [1.82, 2.24) is 0 Å². The molecule has 2 rings (SSSR count). The van der Waals surface area contributed by atoms with Crippen LogP contribution in [0, 0.1) is 11.8 Å². The number of thiophene rings is 1. The molecule has 0 fully saturated rings. The fourth-order valence-electron chi connectivity index (χ4n) is 1.56. The molecule has 0 atom stereocenters. The molecule has 106 valence electrons. The molecule has 0 radical (unpaired) electrons. The molecule has 4 N–H and O–H groups in total. The molecule has 6 heteroatoms. The number of hydrogen-bond acceptors (Lipinski definition) is 4. The lowest BCUT2D eigenvalue weighted by Gasteiger charge is -2.03. The zero-order valence-corrected chi connectivity index (χ0v) is 11.7. The molecule has 0 saturated heterocycles. The smallest absolute Gasteiger partial charge is 0.265 e. The molecule has 2 aromatic rings. The maximum atomic E-state index is 12.0. The molecule has 1 heterocycles. The minimum Gasteiger partial charge on any atom is -0.384 e. The van der Waals surface area contributed by atoms with E-state index in [9.17, 15) is 9.59 Å². The van der Waals surface area contributed by atoms with Crippen LogP contribution in [0.3, 0.4) is 0 Å². The Labute approximate surface area is 125 Å². The second-order valence-corrected chi connectivity index (χ2v) is 5.10. The summed E-state index contributed by atoms with van der Waals surface area (Å²) >= 11 is 1.24. The van der Waals surface area contributed by atoms with Crippen LogP contribution in [0.1, 0.15) is 24.9 Å². The highest BCUT2D eigenvalue weighted by atomic mass is 32.1. The van der Waals surface area contributed by atoms with Gasteiger partial charge < -0.3 is 16.2 Å². The number of carbonyl (C=O) groups excluding carboxylic acids is 2. The number of aliphatic hydroxyl groups is 1. The summed E-state index contributed by atoms with van der Waals surface area (Å²) in [6.45, 7) is -0.217. The molecule has 0 aliphatic heterocycles. The number of nitrogens with two attached hydrogens (primary N) is 1. The number of benzene rings is 1. The molecule has 0 aliphatic rings. The third-order valence-corrected chi connectivity index (χ3v) is 3.55. The Morgan fingerprint density at radius 2 is 1.90 bits per heavy atom. The largest absolute Gasteiger partial charge is 0.384 e. The SMILES string of the molecule is NC(=O)c1ccc(NC(=O)c2ccc(C#CCO)s2)cc1. The van der Waals surface area contributed by atoms with Crippen molar-refractivity contribution in [1.29, 1.82) is 0 Å². The van der Waals surface area contributed by atoms with Gasteiger partial charge in [-0.2, -0.15) is 0 Å². The highest BCUT2D eigenvalue weighted by Gasteiger charge is 2.09. The van der Waals surface area contributed by atoms with E-state index >= 15 is 0 Å². The first-order valence-electron chi connectivity index (χ1n) is 6.01. The van der Waals surface area contributed by atoms with E-state index in [1.807, 2.05) is 0 Å². The number of anilines is 1. The van der Waals surface area contributed by atoms with Gasteiger partial charge in [-0.15, -0.1) is 11.3 Å². The highest BCUT2D eigenvalue weighted by molar-refractivity contribution is 7.14. The maximum absolute atomic E-state index is 12.0. The van der Waals surface area contributed by atoms with Crippen LogP contribution >= 0.6 is 11.3 Å². The number of carbonyl (C=O) groups is 2. The Morgan fingerprint density at radius 3 is 2.52 bits per heavy atom. The van der Waals surface area contributed by atoms with Gasteiger partial charge >= 0.3 is 0 Å². The van der Waals surface area contributed by atoms with Gasteiger partial charge in [0.25, 0.3) is 5.91 Å². The van der Waals surface area contributed by atoms with Crippen LogP contribution in [-0.2, 0) is 0 Å². The highest BCUT2D eigenvalue weighted by Crippen LogP contribution is 2.18. The van der Waals surface area contributed by atoms with Gasteiger partial charge in [-0.05, 0) is 36.4 Å². The van der Waals surface area contributed by atoms with Crippen LogP contribution in [-0.4, -0.2) is 23.5 Å². The van der Waals surface area contributed by atoms with E-state index in [1.165, 1.54) is 11.3 Å². The Morgan fingerprint density at radius 1 is 1.19 bits per heavy atom. The predicted octanol–water partition coefficient (Wildman–Crippen LogP) is 1.44. The first kappa shape index (κ1) is 14.8. The third-order valence-electron chi connectivity index (χ3n) is 2.55. The van der Waals surface area contributed by atoms with Crippen molar-refractivity contribution in [3.63, 3.8) is 0 Å². The summed E-state index contributed by atoms with van der Waals surface area (Å²) in [5.41, 5.74) is 6.09. The van der Waals surface area contributed by atoms with E-state index in [-0.39, 0.29) is 12.5 Å². The van der Waals surface area contributed by atoms with Gasteiger partial charge in [0, 0.05) is 11.3 Å². The Hall–Kier alpha value is -2.62. The molecule has 21 heavy (non-hydrogen) atoms. The van der Waals surface area contributed by atoms with Crippen LogP contribution in [0.25, 0.3) is 0 Å². The van der Waals surface area contributed by atoms with Gasteiger partial charge in [0.1, 0.15) is 6.61 Å². The van der Waals surface area contributed by atoms with Crippen molar-refractivity contribution in [3.05, 3.63) is 51.7 Å². The minimum absolute atomic E-state index is 0.217. The van der Waals surface area contributed by atoms with Gasteiger partial charge in [-0.3, -0.25) is 9.59 Å². The summed E-state index contributed by atoms with van der Waals surface area (Å²) in [4.78, 5) is 24.2. The van der Waals surface area contributed by atoms with E-state index in [0.29, 0.717) is 21.0 Å². The molecule has 1 aromatic carbocycles. The summed E-state index contributed by atoms with van der Waals surface area (Å²) in [5.74, 6) is 4.49. The summed E-state index contributed by atoms with van der Waals surface area (Å²) in [6.07, 6.45) is 0. The van der Waals surface area contributed by atoms with E-state index in [2.05, 4.69) is 17.2 Å². The zero-order valence-electron chi connectivity index (χ0n) is 10.9. The van der Waals surface area contributed by atoms with E-state index in [0.717, 1.165) is 0 Å². The fourth-order valence-corrected chi connectivity index (χ4v) is 2.34. The van der Waals surface area contributed by atoms with Crippen LogP contribution in [0.2, 0.25) is 0 Å². The van der Waals surface area contributed by atoms with Crippen LogP contribution in [0.5, 0.6) is 0 Å². The lowest BCUT2D eigenvalue weighted by molar-refractivity contribution is 0.0998. The van der Waals surface area contributed by atoms with E-state index < -0.39 is 5.91 Å². The Bertz CT molecular complexity index is 723. The Balaban J connectivity index is 2.07. The first-order valence-corrected chi connectivity index (χ1v) is 6.82. The second-order valence-electron chi connectivity index (χ2n) is 4.02. The molecular weight excluding hydrogens is 288 g/mol. The molecule has 0 unspecified atom stereocenters. The molecular formula is C15H12N2O3S. The zero-order chi connectivity index (χ0) is 15.2. The number of amides is 2. The minimum atomic E-state index is -0.516. The van der Waals surface area contributed by atoms with Crippen molar-refractivity contribution in [2.75, 3.05) is 11.9 Å². The van der Waals surface area contributed by atoms with Crippen molar-refractivity contribution in [3.8, 4) is 11.8 Å². The molecule has 0 saturated carbocycles. The van der Waals surface area contributed by atoms with Crippen LogP contribution in [0.15, 0.2) is 36.4 Å². The normalized spacial score (nSPS) is 9.57. The van der Waals surface area contributed by atoms with Gasteiger partial charge in [-0.1, -0.05) is 11.8 Å². The monoisotopic (exact) mass is 300 g/mol. The number of primary amides is 1. The molecule has 5 nitrogen and oxygen atoms in total. The third kappa shape index (κ3) is 3.92. The number of aliphatic hydroxyl groups excluding tert-OH is 1. The predicted molar refractivity (Wildman–Crippen MR) is 81.2 cm³/mol. The second kappa shape index (κ2) is 6.70. The standard InChI is InChI=1S/C15H12N2O3S/c16-14(19)10-3-5-11(6-4-10)17-15(20)13-8-7-12(21-13)2-1-9-18/h3-8,18H,9H2,(H2,16,19)(H,17,20). The summed E-state index contributed by atoms with van der Waals surface area (Å²) < 4.78 is 0. The van der Waals surface area contributed by atoms with Crippen molar-refractivity contribution >= 4 is 28.8 Å². The van der Waals surface area contributed by atoms with E-state index in [4.69, 9.17) is 10.8 Å². The summed E-state index contributed by atoms with van der Waals surface area (Å²) in [5, 5.41) is 11.3. The topological polar surface area (TPSA) is 92.4 Å². The van der Waals surface area contributed by atoms with Crippen LogP contribution < -0.4 is 11.1 Å². The van der Waals surface area contributed by atoms with Crippen molar-refractivity contribution < 1.29 is 14.7 Å². The lowest BCUT2D eigenvalue weighted by atomic mass is 10.2. The van der Waals surface area contributed by atoms with Crippen molar-refractivity contribution in [2.45, 2.75) is 0 Å². The quantitative estimate of drug-likeness (QED) is 0.749. The summed E-state index contributed by atoms with van der Waals surface area (Å²) in [6, 6.07) is 9.70. The molecule has 0 aliphatic carbocycles. The van der Waals surface area contributed by atoms with Crippen LogP contribution in [0.4, 0.5) is 5.69 Å². The van der Waals surface area contributed by atoms with Gasteiger partial charge in [-0.25, -0.2) is 0 Å². The van der Waals surface area contributed by atoms with Gasteiger partial charge in [0.2, 0.25) is 5.91 Å². The number of hydrogen-bond donors (Lipinski definition) is 3. The summed E-state index contributed by atoms with van der Waals surface area (Å²) in [7, 11) is 0. The van der Waals surface area contributed by atoms with E-state index in [1.54, 1.807) is 36.4 Å². The first-order chi connectivity index (χ1) is 10.1. The number of rotatable bonds is 3. The average molecular weight is 300 g/mol. The molecule has 0 spiro atoms. The maximum Gasteiger partial charge on any atom is 0.265 e. The fraction of sp³-hybridized carbons (Fsp3) is 0.0667. The number of nitrogens with one attached hydrogen (secondary N) is 1. The lowest BCUT2D eigenvalue weighted by Crippen LogP contribution is -2.12. The van der Waals surface area contributed by atoms with Gasteiger partial charge in [0.15, 0.2) is 0 Å². The van der Waals surface area contributed by atoms with Gasteiger partial charge in [0.05, 0.1) is 9.75 Å². The molecule has 1 aromatic heterocycles.